The molecule has 5 heteroatoms. The van der Waals surface area contributed by atoms with Crippen LogP contribution in [-0.2, 0) is 13.0 Å². The highest BCUT2D eigenvalue weighted by Crippen LogP contribution is 2.20. The van der Waals surface area contributed by atoms with Crippen LogP contribution in [0.1, 0.15) is 28.6 Å². The zero-order valence-electron chi connectivity index (χ0n) is 11.3. The van der Waals surface area contributed by atoms with E-state index in [1.807, 2.05) is 30.3 Å². The molecular formula is C15H16N2O3. The molecule has 1 aromatic carbocycles. The summed E-state index contributed by atoms with van der Waals surface area (Å²) in [6, 6.07) is 9.46. The van der Waals surface area contributed by atoms with E-state index < -0.39 is 0 Å². The molecule has 20 heavy (non-hydrogen) atoms. The summed E-state index contributed by atoms with van der Waals surface area (Å²) in [4.78, 5) is 18.1. The molecule has 1 aliphatic heterocycles. The summed E-state index contributed by atoms with van der Waals surface area (Å²) in [5.41, 5.74) is 0.742. The van der Waals surface area contributed by atoms with Gasteiger partial charge in [-0.3, -0.25) is 4.79 Å². The number of hydrogen-bond acceptors (Lipinski definition) is 4. The molecule has 0 N–H and O–H groups in total. The van der Waals surface area contributed by atoms with Crippen molar-refractivity contribution in [2.45, 2.75) is 19.4 Å². The molecular weight excluding hydrogens is 256 g/mol. The van der Waals surface area contributed by atoms with Crippen LogP contribution in [0.25, 0.3) is 0 Å². The second-order valence-electron chi connectivity index (χ2n) is 4.82. The van der Waals surface area contributed by atoms with Gasteiger partial charge in [-0.2, -0.15) is 0 Å². The Morgan fingerprint density at radius 1 is 1.35 bits per heavy atom. The van der Waals surface area contributed by atoms with E-state index >= 15 is 0 Å². The van der Waals surface area contributed by atoms with E-state index in [1.54, 1.807) is 11.9 Å². The summed E-state index contributed by atoms with van der Waals surface area (Å²) >= 11 is 0. The molecule has 0 unspecified atom stereocenters. The van der Waals surface area contributed by atoms with E-state index in [1.165, 1.54) is 0 Å². The van der Waals surface area contributed by atoms with Crippen molar-refractivity contribution in [3.63, 3.8) is 0 Å². The maximum atomic E-state index is 12.1. The van der Waals surface area contributed by atoms with Crippen molar-refractivity contribution in [1.29, 1.82) is 0 Å². The maximum absolute atomic E-state index is 12.1. The first-order valence-corrected chi connectivity index (χ1v) is 6.66. The number of rotatable bonds is 3. The van der Waals surface area contributed by atoms with Crippen LogP contribution in [0.15, 0.2) is 34.7 Å². The number of carbonyl (C=O) groups excluding carboxylic acids is 1. The molecule has 0 atom stereocenters. The molecule has 0 bridgehead atoms. The number of aromatic nitrogens is 1. The Morgan fingerprint density at radius 2 is 2.15 bits per heavy atom. The molecule has 5 nitrogen and oxygen atoms in total. The zero-order chi connectivity index (χ0) is 13.9. The minimum Gasteiger partial charge on any atom is -0.484 e. The Labute approximate surface area is 117 Å². The van der Waals surface area contributed by atoms with Gasteiger partial charge in [0.15, 0.2) is 6.61 Å². The fourth-order valence-electron chi connectivity index (χ4n) is 2.22. The van der Waals surface area contributed by atoms with Crippen LogP contribution < -0.4 is 4.74 Å². The standard InChI is InChI=1S/C15H16N2O3/c1-17-9-5-8-12-14(15(17)18)20-13(16-12)10-19-11-6-3-2-4-7-11/h2-4,6-7H,5,8-10H2,1H3. The third-order valence-corrected chi connectivity index (χ3v) is 3.30. The molecule has 0 saturated carbocycles. The zero-order valence-corrected chi connectivity index (χ0v) is 11.3. The molecule has 0 fully saturated rings. The van der Waals surface area contributed by atoms with E-state index in [2.05, 4.69) is 4.98 Å². The van der Waals surface area contributed by atoms with Crippen molar-refractivity contribution < 1.29 is 13.9 Å². The number of fused-ring (bicyclic) bond motifs is 1. The molecule has 2 heterocycles. The van der Waals surface area contributed by atoms with Gasteiger partial charge in [-0.15, -0.1) is 0 Å². The van der Waals surface area contributed by atoms with Crippen molar-refractivity contribution in [1.82, 2.24) is 9.88 Å². The van der Waals surface area contributed by atoms with Crippen molar-refractivity contribution in [3.05, 3.63) is 47.7 Å². The average Bonchev–Trinajstić information content (AvgIpc) is 2.83. The van der Waals surface area contributed by atoms with Gasteiger partial charge < -0.3 is 14.1 Å². The van der Waals surface area contributed by atoms with Crippen molar-refractivity contribution in [3.8, 4) is 5.75 Å². The van der Waals surface area contributed by atoms with Crippen LogP contribution in [0.2, 0.25) is 0 Å². The topological polar surface area (TPSA) is 55.6 Å². The van der Waals surface area contributed by atoms with Crippen molar-refractivity contribution in [2.75, 3.05) is 13.6 Å². The smallest absolute Gasteiger partial charge is 0.291 e. The van der Waals surface area contributed by atoms with Gasteiger partial charge in [0, 0.05) is 13.6 Å². The Kier molecular flexibility index (Phi) is 3.41. The molecule has 0 saturated heterocycles. The van der Waals surface area contributed by atoms with Gasteiger partial charge in [0.1, 0.15) is 5.75 Å². The molecule has 2 aromatic rings. The van der Waals surface area contributed by atoms with Gasteiger partial charge in [0.25, 0.3) is 5.91 Å². The lowest BCUT2D eigenvalue weighted by molar-refractivity contribution is 0.0765. The summed E-state index contributed by atoms with van der Waals surface area (Å²) in [7, 11) is 1.78. The summed E-state index contributed by atoms with van der Waals surface area (Å²) in [5.74, 6) is 1.46. The number of carbonyl (C=O) groups is 1. The Balaban J connectivity index is 1.75. The number of benzene rings is 1. The molecule has 3 rings (SSSR count). The molecule has 1 aromatic heterocycles. The predicted molar refractivity (Wildman–Crippen MR) is 72.6 cm³/mol. The van der Waals surface area contributed by atoms with E-state index in [0.717, 1.165) is 30.8 Å². The van der Waals surface area contributed by atoms with Gasteiger partial charge >= 0.3 is 0 Å². The number of oxazole rings is 1. The lowest BCUT2D eigenvalue weighted by atomic mass is 10.2. The van der Waals surface area contributed by atoms with E-state index in [-0.39, 0.29) is 12.5 Å². The highest BCUT2D eigenvalue weighted by atomic mass is 16.5. The number of aryl methyl sites for hydroxylation is 1. The summed E-state index contributed by atoms with van der Waals surface area (Å²) in [5, 5.41) is 0. The minimum atomic E-state index is -0.101. The first kappa shape index (κ1) is 12.7. The summed E-state index contributed by atoms with van der Waals surface area (Å²) < 4.78 is 11.1. The minimum absolute atomic E-state index is 0.101. The normalized spacial score (nSPS) is 14.8. The number of para-hydroxylation sites is 1. The van der Waals surface area contributed by atoms with Gasteiger partial charge in [-0.25, -0.2) is 4.98 Å². The van der Waals surface area contributed by atoms with Crippen LogP contribution in [0.5, 0.6) is 5.75 Å². The van der Waals surface area contributed by atoms with E-state index in [9.17, 15) is 4.79 Å². The SMILES string of the molecule is CN1CCCc2nc(COc3ccccc3)oc2C1=O. The van der Waals surface area contributed by atoms with Gasteiger partial charge in [-0.05, 0) is 25.0 Å². The molecule has 1 aliphatic rings. The second-order valence-corrected chi connectivity index (χ2v) is 4.82. The Hall–Kier alpha value is -2.30. The lowest BCUT2D eigenvalue weighted by Gasteiger charge is -2.11. The predicted octanol–water partition coefficient (Wildman–Crippen LogP) is 2.27. The van der Waals surface area contributed by atoms with Gasteiger partial charge in [0.2, 0.25) is 11.7 Å². The lowest BCUT2D eigenvalue weighted by Crippen LogP contribution is -2.25. The fourth-order valence-corrected chi connectivity index (χ4v) is 2.22. The highest BCUT2D eigenvalue weighted by molar-refractivity contribution is 5.92. The summed E-state index contributed by atoms with van der Waals surface area (Å²) in [6.45, 7) is 0.967. The fraction of sp³-hybridized carbons (Fsp3) is 0.333. The number of nitrogens with zero attached hydrogens (tertiary/aromatic N) is 2. The molecule has 0 aliphatic carbocycles. The van der Waals surface area contributed by atoms with Crippen LogP contribution >= 0.6 is 0 Å². The highest BCUT2D eigenvalue weighted by Gasteiger charge is 2.26. The average molecular weight is 272 g/mol. The van der Waals surface area contributed by atoms with Crippen molar-refractivity contribution in [2.24, 2.45) is 0 Å². The third-order valence-electron chi connectivity index (χ3n) is 3.30. The van der Waals surface area contributed by atoms with Crippen LogP contribution in [0.3, 0.4) is 0 Å². The van der Waals surface area contributed by atoms with E-state index in [0.29, 0.717) is 11.7 Å². The van der Waals surface area contributed by atoms with Crippen molar-refractivity contribution >= 4 is 5.91 Å². The van der Waals surface area contributed by atoms with Crippen LogP contribution in [0.4, 0.5) is 0 Å². The number of amides is 1. The quantitative estimate of drug-likeness (QED) is 0.860. The summed E-state index contributed by atoms with van der Waals surface area (Å²) in [6.07, 6.45) is 1.67. The third kappa shape index (κ3) is 2.52. The first-order chi connectivity index (χ1) is 9.74. The van der Waals surface area contributed by atoms with E-state index in [4.69, 9.17) is 9.15 Å². The largest absolute Gasteiger partial charge is 0.484 e. The number of ether oxygens (including phenoxy) is 1. The Morgan fingerprint density at radius 3 is 2.95 bits per heavy atom. The van der Waals surface area contributed by atoms with Gasteiger partial charge in [-0.1, -0.05) is 18.2 Å². The van der Waals surface area contributed by atoms with Gasteiger partial charge in [0.05, 0.1) is 5.69 Å². The molecule has 0 radical (unpaired) electrons. The molecule has 1 amide bonds. The number of hydrogen-bond donors (Lipinski definition) is 0. The maximum Gasteiger partial charge on any atom is 0.291 e. The molecule has 0 spiro atoms. The van der Waals surface area contributed by atoms with Crippen LogP contribution in [0, 0.1) is 0 Å². The van der Waals surface area contributed by atoms with Crippen LogP contribution in [-0.4, -0.2) is 29.4 Å². The molecule has 104 valence electrons. The second kappa shape index (κ2) is 5.36. The Bertz CT molecular complexity index is 607. The first-order valence-electron chi connectivity index (χ1n) is 6.66. The monoisotopic (exact) mass is 272 g/mol.